The van der Waals surface area contributed by atoms with E-state index in [9.17, 15) is 8.42 Å². The maximum Gasteiger partial charge on any atom is 0.153 e. The van der Waals surface area contributed by atoms with E-state index in [1.807, 2.05) is 0 Å². The van der Waals surface area contributed by atoms with Crippen LogP contribution in [0, 0.1) is 0 Å². The molecule has 2 N–H and O–H groups in total. The number of hydrogen-bond donors (Lipinski definition) is 1. The van der Waals surface area contributed by atoms with Crippen molar-refractivity contribution in [3.05, 3.63) is 0 Å². The summed E-state index contributed by atoms with van der Waals surface area (Å²) in [6.45, 7) is 5.47. The Morgan fingerprint density at radius 3 is 2.67 bits per heavy atom. The van der Waals surface area contributed by atoms with Crippen LogP contribution in [0.5, 0.6) is 0 Å². The number of fused-ring (bicyclic) bond motifs is 1. The van der Waals surface area contributed by atoms with E-state index in [0.717, 1.165) is 13.1 Å². The molecule has 0 amide bonds. The van der Waals surface area contributed by atoms with Gasteiger partial charge in [-0.3, -0.25) is 9.80 Å². The van der Waals surface area contributed by atoms with Crippen molar-refractivity contribution in [1.29, 1.82) is 0 Å². The van der Waals surface area contributed by atoms with Gasteiger partial charge in [0.25, 0.3) is 0 Å². The van der Waals surface area contributed by atoms with Gasteiger partial charge in [-0.05, 0) is 26.3 Å². The first-order valence-electron chi connectivity index (χ1n) is 6.92. The van der Waals surface area contributed by atoms with E-state index in [-0.39, 0.29) is 23.6 Å². The lowest BCUT2D eigenvalue weighted by Crippen LogP contribution is -2.61. The average molecular weight is 273 g/mol. The van der Waals surface area contributed by atoms with Gasteiger partial charge in [0.2, 0.25) is 0 Å². The number of nitrogens with two attached hydrogens (primary N) is 1. The molecule has 0 bridgehead atoms. The van der Waals surface area contributed by atoms with Gasteiger partial charge >= 0.3 is 0 Å². The quantitative estimate of drug-likeness (QED) is 0.683. The molecule has 3 rings (SSSR count). The minimum Gasteiger partial charge on any atom is -0.325 e. The molecule has 5 nitrogen and oxygen atoms in total. The molecule has 0 aromatic carbocycles. The maximum atomic E-state index is 11.7. The molecule has 4 atom stereocenters. The normalized spacial score (nSPS) is 45.2. The average Bonchev–Trinajstić information content (AvgIpc) is 2.80. The summed E-state index contributed by atoms with van der Waals surface area (Å²) in [4.78, 5) is 4.91. The third-order valence-electron chi connectivity index (χ3n) is 4.78. The first-order valence-corrected chi connectivity index (χ1v) is 8.74. The third-order valence-corrected chi connectivity index (χ3v) is 6.52. The van der Waals surface area contributed by atoms with Crippen molar-refractivity contribution in [2.24, 2.45) is 5.73 Å². The molecule has 3 heterocycles. The molecule has 0 aliphatic carbocycles. The Morgan fingerprint density at radius 1 is 1.22 bits per heavy atom. The second-order valence-electron chi connectivity index (χ2n) is 6.14. The third kappa shape index (κ3) is 2.19. The predicted molar refractivity (Wildman–Crippen MR) is 71.2 cm³/mol. The van der Waals surface area contributed by atoms with Crippen LogP contribution in [0.3, 0.4) is 0 Å². The Bertz CT molecular complexity index is 425. The highest BCUT2D eigenvalue weighted by molar-refractivity contribution is 7.91. The van der Waals surface area contributed by atoms with E-state index in [2.05, 4.69) is 16.7 Å². The second kappa shape index (κ2) is 4.44. The van der Waals surface area contributed by atoms with E-state index in [4.69, 9.17) is 5.73 Å². The Kier molecular flexibility index (Phi) is 3.17. The van der Waals surface area contributed by atoms with Crippen LogP contribution >= 0.6 is 0 Å². The van der Waals surface area contributed by atoms with Crippen LogP contribution in [-0.4, -0.2) is 73.5 Å². The van der Waals surface area contributed by atoms with Crippen molar-refractivity contribution < 1.29 is 8.42 Å². The standard InChI is InChI=1S/C12H23N3O2S/c1-9-5-14-4-2-3-10(14)6-15(9)12-8-18(16,17)7-11(12)13/h9-12H,2-8,13H2,1H3. The van der Waals surface area contributed by atoms with Crippen molar-refractivity contribution in [1.82, 2.24) is 9.80 Å². The summed E-state index contributed by atoms with van der Waals surface area (Å²) >= 11 is 0. The smallest absolute Gasteiger partial charge is 0.153 e. The molecule has 0 radical (unpaired) electrons. The maximum absolute atomic E-state index is 11.7. The summed E-state index contributed by atoms with van der Waals surface area (Å²) in [5.41, 5.74) is 6.05. The van der Waals surface area contributed by atoms with E-state index < -0.39 is 9.84 Å². The molecule has 3 aliphatic rings. The Hall–Kier alpha value is -0.170. The van der Waals surface area contributed by atoms with Crippen LogP contribution in [0.1, 0.15) is 19.8 Å². The topological polar surface area (TPSA) is 66.6 Å². The van der Waals surface area contributed by atoms with Gasteiger partial charge < -0.3 is 5.73 Å². The Labute approximate surface area is 109 Å². The predicted octanol–water partition coefficient (Wildman–Crippen LogP) is -0.721. The molecule has 18 heavy (non-hydrogen) atoms. The van der Waals surface area contributed by atoms with Gasteiger partial charge in [0.1, 0.15) is 0 Å². The fourth-order valence-electron chi connectivity index (χ4n) is 3.87. The lowest BCUT2D eigenvalue weighted by molar-refractivity contribution is 0.0308. The molecule has 3 aliphatic heterocycles. The highest BCUT2D eigenvalue weighted by Crippen LogP contribution is 2.28. The van der Waals surface area contributed by atoms with E-state index in [1.54, 1.807) is 0 Å². The molecular weight excluding hydrogens is 250 g/mol. The van der Waals surface area contributed by atoms with Crippen molar-refractivity contribution in [2.75, 3.05) is 31.1 Å². The number of rotatable bonds is 1. The highest BCUT2D eigenvalue weighted by Gasteiger charge is 2.44. The molecule has 0 aromatic rings. The lowest BCUT2D eigenvalue weighted by Gasteiger charge is -2.45. The van der Waals surface area contributed by atoms with Crippen LogP contribution in [0.4, 0.5) is 0 Å². The molecule has 0 spiro atoms. The summed E-state index contributed by atoms with van der Waals surface area (Å²) in [6, 6.07) is 0.874. The Balaban J connectivity index is 1.76. The van der Waals surface area contributed by atoms with Crippen LogP contribution in [0.25, 0.3) is 0 Å². The minimum atomic E-state index is -2.92. The summed E-state index contributed by atoms with van der Waals surface area (Å²) in [5, 5.41) is 0. The summed E-state index contributed by atoms with van der Waals surface area (Å²) in [6.07, 6.45) is 2.53. The zero-order valence-electron chi connectivity index (χ0n) is 11.0. The highest BCUT2D eigenvalue weighted by atomic mass is 32.2. The number of sulfone groups is 1. The number of nitrogens with zero attached hydrogens (tertiary/aromatic N) is 2. The van der Waals surface area contributed by atoms with Gasteiger partial charge in [-0.1, -0.05) is 0 Å². The molecule has 3 fully saturated rings. The van der Waals surface area contributed by atoms with Crippen molar-refractivity contribution >= 4 is 9.84 Å². The van der Waals surface area contributed by atoms with E-state index >= 15 is 0 Å². The first kappa shape index (κ1) is 12.8. The summed E-state index contributed by atoms with van der Waals surface area (Å²) < 4.78 is 23.4. The summed E-state index contributed by atoms with van der Waals surface area (Å²) in [5.74, 6) is 0.417. The fourth-order valence-corrected chi connectivity index (χ4v) is 5.77. The van der Waals surface area contributed by atoms with Gasteiger partial charge in [0.15, 0.2) is 9.84 Å². The molecule has 4 unspecified atom stereocenters. The van der Waals surface area contributed by atoms with E-state index in [0.29, 0.717) is 12.1 Å². The molecular formula is C12H23N3O2S. The monoisotopic (exact) mass is 273 g/mol. The first-order chi connectivity index (χ1) is 8.46. The zero-order valence-corrected chi connectivity index (χ0v) is 11.8. The van der Waals surface area contributed by atoms with Crippen molar-refractivity contribution in [2.45, 2.75) is 43.9 Å². The molecule has 6 heteroatoms. The van der Waals surface area contributed by atoms with Crippen LogP contribution in [0.15, 0.2) is 0 Å². The number of piperazine rings is 1. The van der Waals surface area contributed by atoms with Crippen LogP contribution < -0.4 is 5.73 Å². The van der Waals surface area contributed by atoms with Gasteiger partial charge in [0.05, 0.1) is 11.5 Å². The van der Waals surface area contributed by atoms with Gasteiger partial charge in [-0.2, -0.15) is 0 Å². The van der Waals surface area contributed by atoms with E-state index in [1.165, 1.54) is 19.4 Å². The Morgan fingerprint density at radius 2 is 2.00 bits per heavy atom. The van der Waals surface area contributed by atoms with Crippen LogP contribution in [-0.2, 0) is 9.84 Å². The van der Waals surface area contributed by atoms with Crippen molar-refractivity contribution in [3.8, 4) is 0 Å². The number of hydrogen-bond acceptors (Lipinski definition) is 5. The molecule has 0 aromatic heterocycles. The molecule has 3 saturated heterocycles. The minimum absolute atomic E-state index is 0.0350. The zero-order chi connectivity index (χ0) is 12.9. The fraction of sp³-hybridized carbons (Fsp3) is 1.00. The second-order valence-corrected chi connectivity index (χ2v) is 8.30. The molecule has 0 saturated carbocycles. The largest absolute Gasteiger partial charge is 0.325 e. The van der Waals surface area contributed by atoms with Gasteiger partial charge in [0, 0.05) is 37.3 Å². The lowest BCUT2D eigenvalue weighted by atomic mass is 10.0. The molecule has 104 valence electrons. The van der Waals surface area contributed by atoms with Crippen LogP contribution in [0.2, 0.25) is 0 Å². The van der Waals surface area contributed by atoms with Gasteiger partial charge in [-0.15, -0.1) is 0 Å². The van der Waals surface area contributed by atoms with Gasteiger partial charge in [-0.25, -0.2) is 8.42 Å². The van der Waals surface area contributed by atoms with Crippen molar-refractivity contribution in [3.63, 3.8) is 0 Å². The summed E-state index contributed by atoms with van der Waals surface area (Å²) in [7, 11) is -2.92. The SMILES string of the molecule is CC1CN2CCCC2CN1C1CS(=O)(=O)CC1N.